The molecular formula is C28H38O19. The van der Waals surface area contributed by atoms with Gasteiger partial charge in [-0.2, -0.15) is 0 Å². The second-order valence-electron chi connectivity index (χ2n) is 11.1. The number of aliphatic hydroxyl groups is 4. The molecule has 0 spiro atoms. The van der Waals surface area contributed by atoms with Gasteiger partial charge in [-0.05, 0) is 20.8 Å². The Morgan fingerprint density at radius 1 is 0.681 bits per heavy atom. The molecule has 0 bridgehead atoms. The third kappa shape index (κ3) is 7.40. The van der Waals surface area contributed by atoms with Crippen molar-refractivity contribution in [3.63, 3.8) is 0 Å². The molecule has 2 heterocycles. The number of ether oxygens (including phenoxy) is 7. The fourth-order valence-electron chi connectivity index (χ4n) is 5.43. The van der Waals surface area contributed by atoms with E-state index < -0.39 is 120 Å². The van der Waals surface area contributed by atoms with E-state index in [1.165, 1.54) is 0 Å². The van der Waals surface area contributed by atoms with Crippen LogP contribution in [0, 0.1) is 0 Å². The third-order valence-electron chi connectivity index (χ3n) is 7.54. The first-order valence-corrected chi connectivity index (χ1v) is 14.0. The van der Waals surface area contributed by atoms with Crippen LogP contribution in [-0.2, 0) is 71.5 Å². The van der Waals surface area contributed by atoms with Crippen LogP contribution in [-0.4, -0.2) is 140 Å². The van der Waals surface area contributed by atoms with Gasteiger partial charge in [-0.25, -0.2) is 0 Å². The number of rotatable bonds is 12. The Balaban J connectivity index is 2.94. The van der Waals surface area contributed by atoms with E-state index in [1.54, 1.807) is 0 Å². The maximum Gasteiger partial charge on any atom is 0.303 e. The van der Waals surface area contributed by atoms with Crippen molar-refractivity contribution in [2.75, 3.05) is 6.61 Å². The molecule has 19 heteroatoms. The molecule has 47 heavy (non-hydrogen) atoms. The SMILES string of the molecule is CC(=O)OC[C@H]1O[C@@H](O[C@H]2[C@@H](C(O)C(C)=O)O[C@@](O)(C(C)=O)[C@@](O)(C(C)=O)[C@]2(O)C(C)=O)[C@H](OC(C)=O)[C@@H](OC(C)=O)[C@H]1OC(C)=O. The van der Waals surface area contributed by atoms with Gasteiger partial charge in [-0.15, -0.1) is 0 Å². The Morgan fingerprint density at radius 2 is 1.17 bits per heavy atom. The zero-order valence-corrected chi connectivity index (χ0v) is 26.7. The molecule has 2 fully saturated rings. The predicted molar refractivity (Wildman–Crippen MR) is 145 cm³/mol. The van der Waals surface area contributed by atoms with E-state index in [0.717, 1.165) is 34.6 Å². The molecule has 0 radical (unpaired) electrons. The Labute approximate surface area is 267 Å². The lowest BCUT2D eigenvalue weighted by molar-refractivity contribution is -0.405. The summed E-state index contributed by atoms with van der Waals surface area (Å²) in [4.78, 5) is 99.3. The number of ketones is 4. The molecule has 0 aliphatic carbocycles. The van der Waals surface area contributed by atoms with Crippen LogP contribution in [0.3, 0.4) is 0 Å². The van der Waals surface area contributed by atoms with Crippen molar-refractivity contribution in [3.8, 4) is 0 Å². The molecule has 2 aliphatic heterocycles. The number of hydrogen-bond acceptors (Lipinski definition) is 19. The first kappa shape index (κ1) is 39.5. The van der Waals surface area contributed by atoms with Crippen LogP contribution in [0.1, 0.15) is 55.4 Å². The summed E-state index contributed by atoms with van der Waals surface area (Å²) in [5.74, 6) is -13.7. The van der Waals surface area contributed by atoms with Gasteiger partial charge in [0, 0.05) is 34.6 Å². The molecule has 0 aromatic carbocycles. The number of esters is 4. The largest absolute Gasteiger partial charge is 0.463 e. The average molecular weight is 679 g/mol. The van der Waals surface area contributed by atoms with Crippen molar-refractivity contribution >= 4 is 47.0 Å². The molecule has 2 saturated heterocycles. The number of hydrogen-bond donors (Lipinski definition) is 4. The van der Waals surface area contributed by atoms with Gasteiger partial charge in [0.05, 0.1) is 0 Å². The summed E-state index contributed by atoms with van der Waals surface area (Å²) in [7, 11) is 0. The lowest BCUT2D eigenvalue weighted by Crippen LogP contribution is -2.86. The Bertz CT molecular complexity index is 1310. The highest BCUT2D eigenvalue weighted by molar-refractivity contribution is 6.04. The van der Waals surface area contributed by atoms with Gasteiger partial charge in [0.25, 0.3) is 5.79 Å². The Kier molecular flexibility index (Phi) is 12.2. The second kappa shape index (κ2) is 14.6. The zero-order valence-electron chi connectivity index (χ0n) is 26.7. The van der Waals surface area contributed by atoms with Gasteiger partial charge in [-0.3, -0.25) is 38.4 Å². The normalized spacial score (nSPS) is 35.9. The molecule has 19 nitrogen and oxygen atoms in total. The second-order valence-corrected chi connectivity index (χ2v) is 11.1. The Hall–Kier alpha value is -3.72. The topological polar surface area (TPSA) is 282 Å². The van der Waals surface area contributed by atoms with E-state index in [1.807, 2.05) is 0 Å². The molecule has 0 aromatic heterocycles. The van der Waals surface area contributed by atoms with Crippen LogP contribution in [0.25, 0.3) is 0 Å². The quantitative estimate of drug-likeness (QED) is 0.116. The van der Waals surface area contributed by atoms with E-state index >= 15 is 0 Å². The minimum absolute atomic E-state index is 0.568. The summed E-state index contributed by atoms with van der Waals surface area (Å²) < 4.78 is 37.6. The maximum absolute atomic E-state index is 13.2. The number of aliphatic hydroxyl groups excluding tert-OH is 1. The fraction of sp³-hybridized carbons (Fsp3) is 0.714. The average Bonchev–Trinajstić information content (AvgIpc) is 2.93. The van der Waals surface area contributed by atoms with E-state index in [2.05, 4.69) is 0 Å². The molecule has 4 N–H and O–H groups in total. The van der Waals surface area contributed by atoms with E-state index in [9.17, 15) is 58.8 Å². The molecule has 264 valence electrons. The van der Waals surface area contributed by atoms with Crippen molar-refractivity contribution in [1.29, 1.82) is 0 Å². The van der Waals surface area contributed by atoms with Crippen molar-refractivity contribution < 1.29 is 91.9 Å². The van der Waals surface area contributed by atoms with Crippen LogP contribution in [0.5, 0.6) is 0 Å². The minimum Gasteiger partial charge on any atom is -0.463 e. The highest BCUT2D eigenvalue weighted by Gasteiger charge is 2.79. The summed E-state index contributed by atoms with van der Waals surface area (Å²) in [6.45, 7) is 5.57. The Morgan fingerprint density at radius 3 is 1.57 bits per heavy atom. The molecule has 2 aliphatic rings. The summed E-state index contributed by atoms with van der Waals surface area (Å²) >= 11 is 0. The number of carbonyl (C=O) groups excluding carboxylic acids is 8. The lowest BCUT2D eigenvalue weighted by atomic mass is 9.64. The smallest absolute Gasteiger partial charge is 0.303 e. The van der Waals surface area contributed by atoms with Crippen LogP contribution < -0.4 is 0 Å². The van der Waals surface area contributed by atoms with Crippen molar-refractivity contribution in [1.82, 2.24) is 0 Å². The molecular weight excluding hydrogens is 640 g/mol. The van der Waals surface area contributed by atoms with Crippen LogP contribution in [0.15, 0.2) is 0 Å². The predicted octanol–water partition coefficient (Wildman–Crippen LogP) is -3.28. The van der Waals surface area contributed by atoms with Gasteiger partial charge in [0.15, 0.2) is 53.3 Å². The highest BCUT2D eigenvalue weighted by Crippen LogP contribution is 2.48. The minimum atomic E-state index is -3.90. The van der Waals surface area contributed by atoms with Crippen LogP contribution in [0.4, 0.5) is 0 Å². The van der Waals surface area contributed by atoms with Gasteiger partial charge in [-0.1, -0.05) is 0 Å². The third-order valence-corrected chi connectivity index (χ3v) is 7.54. The summed E-state index contributed by atoms with van der Waals surface area (Å²) in [6.07, 6.45) is -17.0. The zero-order chi connectivity index (χ0) is 36.4. The fourth-order valence-corrected chi connectivity index (χ4v) is 5.43. The van der Waals surface area contributed by atoms with Gasteiger partial charge >= 0.3 is 23.9 Å². The van der Waals surface area contributed by atoms with Crippen molar-refractivity contribution in [2.45, 2.75) is 121 Å². The summed E-state index contributed by atoms with van der Waals surface area (Å²) in [6, 6.07) is 0. The van der Waals surface area contributed by atoms with Gasteiger partial charge in [0.1, 0.15) is 31.0 Å². The van der Waals surface area contributed by atoms with E-state index in [0.29, 0.717) is 20.8 Å². The van der Waals surface area contributed by atoms with Crippen molar-refractivity contribution in [2.24, 2.45) is 0 Å². The first-order valence-electron chi connectivity index (χ1n) is 14.0. The lowest BCUT2D eigenvalue weighted by Gasteiger charge is -2.58. The maximum atomic E-state index is 13.2. The molecule has 0 amide bonds. The van der Waals surface area contributed by atoms with Crippen molar-refractivity contribution in [3.05, 3.63) is 0 Å². The van der Waals surface area contributed by atoms with Gasteiger partial charge < -0.3 is 53.6 Å². The monoisotopic (exact) mass is 678 g/mol. The van der Waals surface area contributed by atoms with Crippen LogP contribution in [0.2, 0.25) is 0 Å². The van der Waals surface area contributed by atoms with E-state index in [4.69, 9.17) is 33.2 Å². The molecule has 0 saturated carbocycles. The molecule has 0 aromatic rings. The number of carbonyl (C=O) groups is 8. The molecule has 11 atom stereocenters. The highest BCUT2D eigenvalue weighted by atomic mass is 16.8. The summed E-state index contributed by atoms with van der Waals surface area (Å²) in [5, 5.41) is 45.7. The first-order chi connectivity index (χ1) is 21.5. The van der Waals surface area contributed by atoms with E-state index in [-0.39, 0.29) is 0 Å². The number of Topliss-reactive ketones (excluding diaryl/α,β-unsaturated/α-hetero) is 4. The van der Waals surface area contributed by atoms with Crippen LogP contribution >= 0.6 is 0 Å². The van der Waals surface area contributed by atoms with Gasteiger partial charge in [0.2, 0.25) is 5.60 Å². The summed E-state index contributed by atoms with van der Waals surface area (Å²) in [5.41, 5.74) is -7.66. The molecule has 1 unspecified atom stereocenters. The standard InChI is InChI=1S/C28H38O19/c1-10(29)19(37)21-24(26(38,11(2)30)27(39,12(3)31)28(40,47-21)13(4)32)46-25-23(44-17(8)36)22(43-16(7)35)20(42-15(6)34)18(45-25)9-41-14(5)33/h18-25,37-40H,9H2,1-8H3/t18-,19?,20+,21-,22+,23-,24+,25+,26+,27-,28+/m1/s1. The molecule has 2 rings (SSSR count).